The second-order valence-corrected chi connectivity index (χ2v) is 6.62. The molecule has 1 saturated heterocycles. The summed E-state index contributed by atoms with van der Waals surface area (Å²) in [7, 11) is 0. The summed E-state index contributed by atoms with van der Waals surface area (Å²) in [5, 5.41) is 1.00. The minimum atomic E-state index is -0.295. The molecule has 0 saturated carbocycles. The van der Waals surface area contributed by atoms with E-state index in [-0.39, 0.29) is 5.82 Å². The maximum atomic E-state index is 14.1. The van der Waals surface area contributed by atoms with Crippen molar-refractivity contribution in [2.75, 3.05) is 18.0 Å². The Balaban J connectivity index is 1.96. The van der Waals surface area contributed by atoms with E-state index in [4.69, 9.17) is 4.98 Å². The summed E-state index contributed by atoms with van der Waals surface area (Å²) < 4.78 is 15.1. The first-order valence-electron chi connectivity index (χ1n) is 7.69. The lowest BCUT2D eigenvalue weighted by Crippen LogP contribution is -2.20. The lowest BCUT2D eigenvalue weighted by Gasteiger charge is -2.19. The first-order chi connectivity index (χ1) is 11.2. The molecule has 1 aromatic heterocycles. The molecule has 2 aromatic carbocycles. The van der Waals surface area contributed by atoms with Crippen LogP contribution in [0.3, 0.4) is 0 Å². The molecule has 23 heavy (non-hydrogen) atoms. The third-order valence-corrected chi connectivity index (χ3v) is 4.65. The highest BCUT2D eigenvalue weighted by Crippen LogP contribution is 2.32. The van der Waals surface area contributed by atoms with Gasteiger partial charge in [-0.1, -0.05) is 28.1 Å². The highest BCUT2D eigenvalue weighted by atomic mass is 79.9. The van der Waals surface area contributed by atoms with E-state index in [1.54, 1.807) is 12.1 Å². The van der Waals surface area contributed by atoms with Gasteiger partial charge in [-0.05, 0) is 43.2 Å². The minimum absolute atomic E-state index is 0.295. The van der Waals surface area contributed by atoms with Crippen molar-refractivity contribution in [3.8, 4) is 11.4 Å². The van der Waals surface area contributed by atoms with Crippen LogP contribution in [0.2, 0.25) is 0 Å². The molecule has 5 heteroatoms. The monoisotopic (exact) mass is 371 g/mol. The van der Waals surface area contributed by atoms with Gasteiger partial charge in [0.1, 0.15) is 11.6 Å². The maximum Gasteiger partial charge on any atom is 0.165 e. The summed E-state index contributed by atoms with van der Waals surface area (Å²) in [5.74, 6) is 1.04. The SMILES string of the molecule is Fc1ccccc1-c1nc(N2CCCC2)c2cc(Br)ccc2n1. The van der Waals surface area contributed by atoms with E-state index in [1.807, 2.05) is 24.3 Å². The van der Waals surface area contributed by atoms with Crippen molar-refractivity contribution in [1.29, 1.82) is 0 Å². The molecule has 0 amide bonds. The molecule has 4 rings (SSSR count). The third kappa shape index (κ3) is 2.70. The Labute approximate surface area is 142 Å². The van der Waals surface area contributed by atoms with Crippen LogP contribution in [0, 0.1) is 5.82 Å². The summed E-state index contributed by atoms with van der Waals surface area (Å²) >= 11 is 3.52. The van der Waals surface area contributed by atoms with Crippen molar-refractivity contribution in [3.05, 3.63) is 52.8 Å². The number of nitrogens with zero attached hydrogens (tertiary/aromatic N) is 3. The summed E-state index contributed by atoms with van der Waals surface area (Å²) in [6, 6.07) is 12.6. The van der Waals surface area contributed by atoms with Gasteiger partial charge in [0, 0.05) is 22.9 Å². The van der Waals surface area contributed by atoms with E-state index in [1.165, 1.54) is 6.07 Å². The zero-order valence-electron chi connectivity index (χ0n) is 12.5. The molecule has 0 bridgehead atoms. The average Bonchev–Trinajstić information content (AvgIpc) is 3.09. The van der Waals surface area contributed by atoms with Crippen LogP contribution >= 0.6 is 15.9 Å². The second kappa shape index (κ2) is 5.89. The molecule has 0 unspecified atom stereocenters. The molecule has 116 valence electrons. The fourth-order valence-electron chi connectivity index (χ4n) is 3.02. The van der Waals surface area contributed by atoms with Crippen molar-refractivity contribution in [2.24, 2.45) is 0 Å². The predicted molar refractivity (Wildman–Crippen MR) is 94.1 cm³/mol. The number of hydrogen-bond donors (Lipinski definition) is 0. The molecule has 0 radical (unpaired) electrons. The van der Waals surface area contributed by atoms with E-state index in [2.05, 4.69) is 25.8 Å². The van der Waals surface area contributed by atoms with Crippen LogP contribution in [-0.2, 0) is 0 Å². The molecule has 1 aliphatic heterocycles. The fraction of sp³-hybridized carbons (Fsp3) is 0.222. The molecule has 0 atom stereocenters. The number of benzene rings is 2. The summed E-state index contributed by atoms with van der Waals surface area (Å²) in [4.78, 5) is 11.6. The van der Waals surface area contributed by atoms with Crippen molar-refractivity contribution in [1.82, 2.24) is 9.97 Å². The second-order valence-electron chi connectivity index (χ2n) is 5.71. The standard InChI is InChI=1S/C18H15BrFN3/c19-12-7-8-16-14(11-12)18(23-9-3-4-10-23)22-17(21-16)13-5-1-2-6-15(13)20/h1-2,5-8,11H,3-4,9-10H2. The molecular formula is C18H15BrFN3. The lowest BCUT2D eigenvalue weighted by atomic mass is 10.1. The largest absolute Gasteiger partial charge is 0.356 e. The first-order valence-corrected chi connectivity index (χ1v) is 8.49. The number of aromatic nitrogens is 2. The van der Waals surface area contributed by atoms with Crippen molar-refractivity contribution >= 4 is 32.7 Å². The van der Waals surface area contributed by atoms with Gasteiger partial charge in [-0.2, -0.15) is 0 Å². The van der Waals surface area contributed by atoms with Crippen LogP contribution in [0.25, 0.3) is 22.3 Å². The Morgan fingerprint density at radius 1 is 1.00 bits per heavy atom. The first kappa shape index (κ1) is 14.6. The average molecular weight is 372 g/mol. The number of halogens is 2. The van der Waals surface area contributed by atoms with E-state index >= 15 is 0 Å². The van der Waals surface area contributed by atoms with Gasteiger partial charge >= 0.3 is 0 Å². The van der Waals surface area contributed by atoms with Crippen LogP contribution in [0.15, 0.2) is 46.9 Å². The Bertz CT molecular complexity index is 875. The minimum Gasteiger partial charge on any atom is -0.356 e. The van der Waals surface area contributed by atoms with Gasteiger partial charge in [-0.25, -0.2) is 14.4 Å². The van der Waals surface area contributed by atoms with E-state index in [0.717, 1.165) is 47.1 Å². The molecule has 0 spiro atoms. The topological polar surface area (TPSA) is 29.0 Å². The van der Waals surface area contributed by atoms with Crippen LogP contribution in [-0.4, -0.2) is 23.1 Å². The van der Waals surface area contributed by atoms with E-state index < -0.39 is 0 Å². The normalized spacial score (nSPS) is 14.6. The van der Waals surface area contributed by atoms with Gasteiger partial charge in [0.2, 0.25) is 0 Å². The lowest BCUT2D eigenvalue weighted by molar-refractivity contribution is 0.630. The van der Waals surface area contributed by atoms with Crippen LogP contribution in [0.4, 0.5) is 10.2 Å². The summed E-state index contributed by atoms with van der Waals surface area (Å²) in [6.07, 6.45) is 2.32. The zero-order chi connectivity index (χ0) is 15.8. The molecule has 0 N–H and O–H groups in total. The molecular weight excluding hydrogens is 357 g/mol. The van der Waals surface area contributed by atoms with E-state index in [9.17, 15) is 4.39 Å². The molecule has 3 nitrogen and oxygen atoms in total. The van der Waals surface area contributed by atoms with Crippen LogP contribution < -0.4 is 4.90 Å². The third-order valence-electron chi connectivity index (χ3n) is 4.16. The van der Waals surface area contributed by atoms with Crippen molar-refractivity contribution < 1.29 is 4.39 Å². The molecule has 3 aromatic rings. The van der Waals surface area contributed by atoms with Gasteiger partial charge in [0.25, 0.3) is 0 Å². The quantitative estimate of drug-likeness (QED) is 0.647. The number of fused-ring (bicyclic) bond motifs is 1. The van der Waals surface area contributed by atoms with Gasteiger partial charge < -0.3 is 4.90 Å². The van der Waals surface area contributed by atoms with Gasteiger partial charge in [-0.15, -0.1) is 0 Å². The summed E-state index contributed by atoms with van der Waals surface area (Å²) in [6.45, 7) is 1.96. The Kier molecular flexibility index (Phi) is 3.73. The maximum absolute atomic E-state index is 14.1. The Morgan fingerprint density at radius 3 is 2.57 bits per heavy atom. The van der Waals surface area contributed by atoms with Crippen LogP contribution in [0.5, 0.6) is 0 Å². The number of anilines is 1. The number of hydrogen-bond acceptors (Lipinski definition) is 3. The predicted octanol–water partition coefficient (Wildman–Crippen LogP) is 4.80. The molecule has 2 heterocycles. The van der Waals surface area contributed by atoms with E-state index in [0.29, 0.717) is 11.4 Å². The van der Waals surface area contributed by atoms with Crippen molar-refractivity contribution in [3.63, 3.8) is 0 Å². The zero-order valence-corrected chi connectivity index (χ0v) is 14.1. The Hall–Kier alpha value is -2.01. The fourth-order valence-corrected chi connectivity index (χ4v) is 3.38. The van der Waals surface area contributed by atoms with Crippen molar-refractivity contribution in [2.45, 2.75) is 12.8 Å². The Morgan fingerprint density at radius 2 is 1.78 bits per heavy atom. The van der Waals surface area contributed by atoms with Gasteiger partial charge in [0.15, 0.2) is 5.82 Å². The highest BCUT2D eigenvalue weighted by Gasteiger charge is 2.19. The van der Waals surface area contributed by atoms with Gasteiger partial charge in [0.05, 0.1) is 11.1 Å². The highest BCUT2D eigenvalue weighted by molar-refractivity contribution is 9.10. The van der Waals surface area contributed by atoms with Crippen LogP contribution in [0.1, 0.15) is 12.8 Å². The molecule has 0 aliphatic carbocycles. The smallest absolute Gasteiger partial charge is 0.165 e. The summed E-state index contributed by atoms with van der Waals surface area (Å²) in [5.41, 5.74) is 1.28. The number of rotatable bonds is 2. The molecule has 1 fully saturated rings. The van der Waals surface area contributed by atoms with Gasteiger partial charge in [-0.3, -0.25) is 0 Å². The molecule has 1 aliphatic rings.